The number of carbonyl (C=O) groups is 1. The molecule has 0 fully saturated rings. The first-order chi connectivity index (χ1) is 14.6. The Labute approximate surface area is 205 Å². The van der Waals surface area contributed by atoms with E-state index in [1.165, 1.54) is 7.11 Å². The van der Waals surface area contributed by atoms with Crippen molar-refractivity contribution in [3.8, 4) is 11.5 Å². The molecular weight excluding hydrogens is 537 g/mol. The average molecular weight is 572 g/mol. The summed E-state index contributed by atoms with van der Waals surface area (Å²) >= 11 is 0. The van der Waals surface area contributed by atoms with E-state index in [4.69, 9.17) is 9.47 Å². The molecular formula is C21H35F2IN4O4. The minimum Gasteiger partial charge on any atom is -0.493 e. The number of hydrogen-bond acceptors (Lipinski definition) is 5. The van der Waals surface area contributed by atoms with Gasteiger partial charge in [0.1, 0.15) is 5.60 Å². The van der Waals surface area contributed by atoms with E-state index in [2.05, 4.69) is 25.7 Å². The van der Waals surface area contributed by atoms with E-state index in [0.717, 1.165) is 5.56 Å². The fourth-order valence-corrected chi connectivity index (χ4v) is 2.51. The Kier molecular flexibility index (Phi) is 14.7. The average Bonchev–Trinajstić information content (AvgIpc) is 2.66. The molecule has 0 unspecified atom stereocenters. The van der Waals surface area contributed by atoms with Crippen molar-refractivity contribution in [2.24, 2.45) is 4.99 Å². The predicted octanol–water partition coefficient (Wildman–Crippen LogP) is 3.93. The zero-order valence-electron chi connectivity index (χ0n) is 19.3. The maximum atomic E-state index is 12.6. The summed E-state index contributed by atoms with van der Waals surface area (Å²) in [6, 6.07) is 4.94. The molecule has 0 aromatic heterocycles. The molecule has 1 aromatic carbocycles. The number of benzene rings is 1. The van der Waals surface area contributed by atoms with Gasteiger partial charge >= 0.3 is 12.7 Å². The zero-order chi connectivity index (χ0) is 23.3. The van der Waals surface area contributed by atoms with Crippen LogP contribution in [0.4, 0.5) is 13.6 Å². The second kappa shape index (κ2) is 15.7. The summed E-state index contributed by atoms with van der Waals surface area (Å²) in [7, 11) is 1.40. The molecule has 32 heavy (non-hydrogen) atoms. The van der Waals surface area contributed by atoms with Crippen LogP contribution >= 0.6 is 24.0 Å². The van der Waals surface area contributed by atoms with E-state index in [1.807, 2.05) is 27.7 Å². The summed E-state index contributed by atoms with van der Waals surface area (Å²) in [6.45, 7) is 6.67. The topological polar surface area (TPSA) is 93.2 Å². The van der Waals surface area contributed by atoms with Crippen molar-refractivity contribution >= 4 is 36.0 Å². The highest BCUT2D eigenvalue weighted by atomic mass is 127. The first-order valence-corrected chi connectivity index (χ1v) is 10.3. The van der Waals surface area contributed by atoms with Gasteiger partial charge in [-0.2, -0.15) is 8.78 Å². The van der Waals surface area contributed by atoms with Crippen molar-refractivity contribution in [2.45, 2.75) is 52.7 Å². The van der Waals surface area contributed by atoms with Gasteiger partial charge in [0.25, 0.3) is 0 Å². The quantitative estimate of drug-likeness (QED) is 0.161. The van der Waals surface area contributed by atoms with Crippen LogP contribution in [0.25, 0.3) is 0 Å². The summed E-state index contributed by atoms with van der Waals surface area (Å²) < 4.78 is 39.8. The molecule has 0 bridgehead atoms. The molecule has 0 heterocycles. The smallest absolute Gasteiger partial charge is 0.407 e. The fraction of sp³-hybridized carbons (Fsp3) is 0.619. The van der Waals surface area contributed by atoms with Crippen molar-refractivity contribution in [1.82, 2.24) is 16.0 Å². The molecule has 8 nitrogen and oxygen atoms in total. The highest BCUT2D eigenvalue weighted by Crippen LogP contribution is 2.29. The molecule has 1 rings (SSSR count). The van der Waals surface area contributed by atoms with Crippen molar-refractivity contribution in [3.05, 3.63) is 23.8 Å². The maximum Gasteiger partial charge on any atom is 0.407 e. The van der Waals surface area contributed by atoms with Gasteiger partial charge in [-0.1, -0.05) is 6.07 Å². The van der Waals surface area contributed by atoms with Gasteiger partial charge in [0.15, 0.2) is 17.5 Å². The number of methoxy groups -OCH3 is 1. The first kappa shape index (κ1) is 29.9. The third-order valence-corrected chi connectivity index (χ3v) is 3.77. The third kappa shape index (κ3) is 13.4. The Hall–Kier alpha value is -2.05. The second-order valence-electron chi connectivity index (χ2n) is 7.58. The second-order valence-corrected chi connectivity index (χ2v) is 7.58. The number of guanidine groups is 1. The Bertz CT molecular complexity index is 716. The Morgan fingerprint density at radius 3 is 2.44 bits per heavy atom. The normalized spacial score (nSPS) is 11.4. The van der Waals surface area contributed by atoms with Crippen LogP contribution in [0.3, 0.4) is 0 Å². The molecule has 0 saturated carbocycles. The number of hydrogen-bond donors (Lipinski definition) is 3. The van der Waals surface area contributed by atoms with Gasteiger partial charge < -0.3 is 30.2 Å². The lowest BCUT2D eigenvalue weighted by atomic mass is 10.1. The zero-order valence-corrected chi connectivity index (χ0v) is 21.6. The molecule has 0 aliphatic rings. The number of carbonyl (C=O) groups excluding carboxylic acids is 1. The number of alkyl carbamates (subject to hydrolysis) is 1. The van der Waals surface area contributed by atoms with Gasteiger partial charge in [-0.25, -0.2) is 4.79 Å². The molecule has 0 aliphatic heterocycles. The number of ether oxygens (including phenoxy) is 3. The van der Waals surface area contributed by atoms with Crippen LogP contribution in [-0.4, -0.2) is 57.6 Å². The van der Waals surface area contributed by atoms with Crippen molar-refractivity contribution in [1.29, 1.82) is 0 Å². The molecule has 1 amide bonds. The fourth-order valence-electron chi connectivity index (χ4n) is 2.51. The summed E-state index contributed by atoms with van der Waals surface area (Å²) in [5.74, 6) is 0.900. The number of amides is 1. The maximum absolute atomic E-state index is 12.6. The highest BCUT2D eigenvalue weighted by Gasteiger charge is 2.15. The van der Waals surface area contributed by atoms with Crippen LogP contribution in [0.5, 0.6) is 11.5 Å². The van der Waals surface area contributed by atoms with Gasteiger partial charge in [-0.3, -0.25) is 4.99 Å². The van der Waals surface area contributed by atoms with Crippen molar-refractivity contribution < 1.29 is 27.8 Å². The summed E-state index contributed by atoms with van der Waals surface area (Å²) in [4.78, 5) is 16.1. The van der Waals surface area contributed by atoms with Gasteiger partial charge in [-0.15, -0.1) is 24.0 Å². The lowest BCUT2D eigenvalue weighted by Crippen LogP contribution is -2.38. The van der Waals surface area contributed by atoms with E-state index in [9.17, 15) is 13.6 Å². The van der Waals surface area contributed by atoms with E-state index in [0.29, 0.717) is 45.0 Å². The standard InChI is InChI=1S/C21H34F2N4O4.HI/c1-6-24-19(25-11-7-12-27-20(28)31-21(2,3)4)26-13-10-15-8-9-16(29-5)17(14-15)30-18(22)23;/h8-9,14,18H,6-7,10-13H2,1-5H3,(H,27,28)(H2,24,25,26);1H. The van der Waals surface area contributed by atoms with E-state index in [-0.39, 0.29) is 35.5 Å². The van der Waals surface area contributed by atoms with E-state index in [1.54, 1.807) is 18.2 Å². The minimum absolute atomic E-state index is 0. The lowest BCUT2D eigenvalue weighted by molar-refractivity contribution is -0.0512. The van der Waals surface area contributed by atoms with Gasteiger partial charge in [0, 0.05) is 26.2 Å². The Morgan fingerprint density at radius 2 is 1.84 bits per heavy atom. The van der Waals surface area contributed by atoms with Crippen molar-refractivity contribution in [2.75, 3.05) is 33.3 Å². The van der Waals surface area contributed by atoms with Crippen LogP contribution in [0, 0.1) is 0 Å². The minimum atomic E-state index is -2.92. The molecule has 3 N–H and O–H groups in total. The van der Waals surface area contributed by atoms with Crippen LogP contribution in [-0.2, 0) is 11.2 Å². The summed E-state index contributed by atoms with van der Waals surface area (Å²) in [6.07, 6.45) is 0.785. The molecule has 1 aromatic rings. The SMILES string of the molecule is CCNC(=NCCCNC(=O)OC(C)(C)C)NCCc1ccc(OC)c(OC(F)F)c1.I. The monoisotopic (exact) mass is 572 g/mol. The molecule has 184 valence electrons. The van der Waals surface area contributed by atoms with Gasteiger partial charge in [-0.05, 0) is 58.2 Å². The van der Waals surface area contributed by atoms with Gasteiger partial charge in [0.2, 0.25) is 0 Å². The Morgan fingerprint density at radius 1 is 1.12 bits per heavy atom. The van der Waals surface area contributed by atoms with Crippen LogP contribution in [0.1, 0.15) is 39.7 Å². The Balaban J connectivity index is 0.00000961. The lowest BCUT2D eigenvalue weighted by Gasteiger charge is -2.19. The van der Waals surface area contributed by atoms with Gasteiger partial charge in [0.05, 0.1) is 7.11 Å². The molecule has 0 saturated heterocycles. The number of halogens is 3. The number of nitrogens with one attached hydrogen (secondary N) is 3. The molecule has 0 atom stereocenters. The number of nitrogens with zero attached hydrogens (tertiary/aromatic N) is 1. The van der Waals surface area contributed by atoms with Crippen LogP contribution in [0.15, 0.2) is 23.2 Å². The highest BCUT2D eigenvalue weighted by molar-refractivity contribution is 14.0. The molecule has 11 heteroatoms. The predicted molar refractivity (Wildman–Crippen MR) is 132 cm³/mol. The van der Waals surface area contributed by atoms with Crippen molar-refractivity contribution in [3.63, 3.8) is 0 Å². The van der Waals surface area contributed by atoms with E-state index >= 15 is 0 Å². The number of alkyl halides is 2. The number of rotatable bonds is 11. The number of aliphatic imine (C=N–C) groups is 1. The van der Waals surface area contributed by atoms with E-state index < -0.39 is 18.3 Å². The summed E-state index contributed by atoms with van der Waals surface area (Å²) in [5.41, 5.74) is 0.294. The molecule has 0 aliphatic carbocycles. The molecule has 0 spiro atoms. The van der Waals surface area contributed by atoms with Crippen LogP contribution in [0.2, 0.25) is 0 Å². The largest absolute Gasteiger partial charge is 0.493 e. The molecule has 0 radical (unpaired) electrons. The first-order valence-electron chi connectivity index (χ1n) is 10.3. The third-order valence-electron chi connectivity index (χ3n) is 3.77. The van der Waals surface area contributed by atoms with Crippen LogP contribution < -0.4 is 25.4 Å². The summed E-state index contributed by atoms with van der Waals surface area (Å²) in [5, 5.41) is 9.02.